The smallest absolute Gasteiger partial charge is 0.267 e. The van der Waals surface area contributed by atoms with Gasteiger partial charge < -0.3 is 10.1 Å². The molecule has 0 atom stereocenters. The summed E-state index contributed by atoms with van der Waals surface area (Å²) >= 11 is 6.29. The van der Waals surface area contributed by atoms with Crippen molar-refractivity contribution in [3.8, 4) is 16.9 Å². The number of anilines is 1. The molecule has 1 aromatic heterocycles. The lowest BCUT2D eigenvalue weighted by Crippen LogP contribution is -2.48. The van der Waals surface area contributed by atoms with E-state index in [2.05, 4.69) is 15.8 Å². The van der Waals surface area contributed by atoms with Gasteiger partial charge in [-0.15, -0.1) is 0 Å². The molecule has 4 aromatic rings. The molecule has 1 fully saturated rings. The number of carbonyl (C=O) groups is 2. The number of nitrogens with one attached hydrogen (secondary N) is 2. The zero-order valence-corrected chi connectivity index (χ0v) is 20.4. The van der Waals surface area contributed by atoms with Crippen LogP contribution in [0.4, 0.5) is 10.1 Å². The zero-order valence-electron chi connectivity index (χ0n) is 19.7. The van der Waals surface area contributed by atoms with E-state index in [1.807, 2.05) is 30.3 Å². The van der Waals surface area contributed by atoms with Crippen molar-refractivity contribution in [1.29, 1.82) is 0 Å². The summed E-state index contributed by atoms with van der Waals surface area (Å²) in [5.74, 6) is -1.21. The third-order valence-corrected chi connectivity index (χ3v) is 6.17. The first-order valence-corrected chi connectivity index (χ1v) is 12.0. The number of hydrogen-bond acceptors (Lipinski definition) is 5. The molecule has 0 aliphatic carbocycles. The van der Waals surface area contributed by atoms with Gasteiger partial charge in [-0.25, -0.2) is 14.1 Å². The monoisotopic (exact) mass is 519 g/mol. The van der Waals surface area contributed by atoms with Crippen LogP contribution in [0.3, 0.4) is 0 Å². The molecule has 5 rings (SSSR count). The van der Waals surface area contributed by atoms with Crippen molar-refractivity contribution in [2.24, 2.45) is 0 Å². The Kier molecular flexibility index (Phi) is 7.27. The van der Waals surface area contributed by atoms with Crippen LogP contribution in [0.1, 0.15) is 20.7 Å². The predicted molar refractivity (Wildman–Crippen MR) is 138 cm³/mol. The molecule has 10 heteroatoms. The van der Waals surface area contributed by atoms with Gasteiger partial charge in [0, 0.05) is 30.5 Å². The Bertz CT molecular complexity index is 1420. The predicted octanol–water partition coefficient (Wildman–Crippen LogP) is 4.56. The fourth-order valence-corrected chi connectivity index (χ4v) is 4.13. The van der Waals surface area contributed by atoms with Gasteiger partial charge in [0.1, 0.15) is 11.5 Å². The minimum atomic E-state index is -0.441. The Balaban J connectivity index is 1.42. The summed E-state index contributed by atoms with van der Waals surface area (Å²) in [5.41, 5.74) is 5.45. The highest BCUT2D eigenvalue weighted by Crippen LogP contribution is 2.26. The van der Waals surface area contributed by atoms with Gasteiger partial charge in [0.15, 0.2) is 0 Å². The number of aromatic nitrogens is 2. The van der Waals surface area contributed by atoms with Gasteiger partial charge in [-0.2, -0.15) is 5.10 Å². The lowest BCUT2D eigenvalue weighted by Gasteiger charge is -2.27. The number of ether oxygens (including phenoxy) is 1. The van der Waals surface area contributed by atoms with Crippen LogP contribution in [-0.4, -0.2) is 52.9 Å². The van der Waals surface area contributed by atoms with E-state index in [-0.39, 0.29) is 27.9 Å². The van der Waals surface area contributed by atoms with E-state index in [1.165, 1.54) is 18.2 Å². The lowest BCUT2D eigenvalue weighted by atomic mass is 10.1. The number of hydrogen-bond donors (Lipinski definition) is 2. The highest BCUT2D eigenvalue weighted by atomic mass is 35.5. The average Bonchev–Trinajstić information content (AvgIpc) is 3.37. The Morgan fingerprint density at radius 3 is 2.38 bits per heavy atom. The molecule has 37 heavy (non-hydrogen) atoms. The Hall–Kier alpha value is -4.05. The molecule has 0 radical (unpaired) electrons. The van der Waals surface area contributed by atoms with Gasteiger partial charge in [-0.1, -0.05) is 29.8 Å². The van der Waals surface area contributed by atoms with Crippen LogP contribution in [0.2, 0.25) is 5.02 Å². The minimum Gasteiger partial charge on any atom is -0.379 e. The van der Waals surface area contributed by atoms with Crippen LogP contribution in [0.15, 0.2) is 79.0 Å². The fraction of sp³-hybridized carbons (Fsp3) is 0.148. The molecular formula is C27H23ClFN5O3. The maximum Gasteiger partial charge on any atom is 0.267 e. The largest absolute Gasteiger partial charge is 0.379 e. The number of halogens is 2. The van der Waals surface area contributed by atoms with Gasteiger partial charge in [-0.05, 0) is 54.6 Å². The first-order chi connectivity index (χ1) is 18.0. The number of hydrazine groups is 1. The summed E-state index contributed by atoms with van der Waals surface area (Å²) in [6, 6.07) is 19.8. The molecule has 0 spiro atoms. The molecule has 0 unspecified atom stereocenters. The van der Waals surface area contributed by atoms with E-state index in [4.69, 9.17) is 16.3 Å². The fourth-order valence-electron chi connectivity index (χ4n) is 3.93. The molecule has 3 aromatic carbocycles. The zero-order chi connectivity index (χ0) is 25.8. The maximum atomic E-state index is 13.5. The van der Waals surface area contributed by atoms with E-state index >= 15 is 0 Å². The van der Waals surface area contributed by atoms with Gasteiger partial charge in [-0.3, -0.25) is 15.0 Å². The van der Waals surface area contributed by atoms with Crippen molar-refractivity contribution in [3.63, 3.8) is 0 Å². The Morgan fingerprint density at radius 2 is 1.65 bits per heavy atom. The van der Waals surface area contributed by atoms with Crippen molar-refractivity contribution in [1.82, 2.24) is 20.2 Å². The number of morpholine rings is 1. The molecule has 2 amide bonds. The Morgan fingerprint density at radius 1 is 0.919 bits per heavy atom. The molecular weight excluding hydrogens is 497 g/mol. The number of nitrogens with zero attached hydrogens (tertiary/aromatic N) is 3. The quantitative estimate of drug-likeness (QED) is 0.390. The van der Waals surface area contributed by atoms with Crippen molar-refractivity contribution in [2.45, 2.75) is 0 Å². The normalized spacial score (nSPS) is 13.8. The van der Waals surface area contributed by atoms with E-state index in [1.54, 1.807) is 40.2 Å². The summed E-state index contributed by atoms with van der Waals surface area (Å²) in [4.78, 5) is 26.2. The van der Waals surface area contributed by atoms with Gasteiger partial charge in [0.05, 0.1) is 35.1 Å². The van der Waals surface area contributed by atoms with Gasteiger partial charge >= 0.3 is 0 Å². The molecule has 1 aliphatic heterocycles. The summed E-state index contributed by atoms with van der Waals surface area (Å²) in [5, 5.41) is 9.45. The topological polar surface area (TPSA) is 88.5 Å². The van der Waals surface area contributed by atoms with E-state index in [9.17, 15) is 14.0 Å². The molecule has 1 aliphatic rings. The van der Waals surface area contributed by atoms with Crippen molar-refractivity contribution in [2.75, 3.05) is 31.6 Å². The number of benzene rings is 3. The number of amides is 2. The summed E-state index contributed by atoms with van der Waals surface area (Å²) in [6.07, 6.45) is 1.62. The second-order valence-electron chi connectivity index (χ2n) is 8.37. The highest BCUT2D eigenvalue weighted by Gasteiger charge is 2.21. The van der Waals surface area contributed by atoms with E-state index in [0.29, 0.717) is 43.2 Å². The van der Waals surface area contributed by atoms with Crippen LogP contribution in [0.5, 0.6) is 0 Å². The first-order valence-electron chi connectivity index (χ1n) is 11.6. The van der Waals surface area contributed by atoms with E-state index in [0.717, 1.165) is 5.69 Å². The van der Waals surface area contributed by atoms with Crippen molar-refractivity contribution < 1.29 is 18.7 Å². The standard InChI is InChI=1S/C27H23ClFN5O3/c28-24-11-10-20(16-22(24)27(36)32-33-12-14-37-15-13-33)30-26(35)23-17-34(21-4-2-1-3-5-21)31-25(23)18-6-8-19(29)9-7-18/h1-11,16-17H,12-15H2,(H,30,35)(H,32,36). The SMILES string of the molecule is O=C(NN1CCOCC1)c1cc(NC(=O)c2cn(-c3ccccc3)nc2-c2ccc(F)cc2)ccc1Cl. The third kappa shape index (κ3) is 5.69. The Labute approximate surface area is 217 Å². The van der Waals surface area contributed by atoms with Crippen molar-refractivity contribution in [3.05, 3.63) is 101 Å². The second-order valence-corrected chi connectivity index (χ2v) is 8.77. The number of rotatable bonds is 6. The second kappa shape index (κ2) is 10.9. The number of para-hydroxylation sites is 1. The van der Waals surface area contributed by atoms with E-state index < -0.39 is 5.91 Å². The molecule has 188 valence electrons. The number of carbonyl (C=O) groups excluding carboxylic acids is 2. The molecule has 0 saturated carbocycles. The van der Waals surface area contributed by atoms with Crippen molar-refractivity contribution >= 4 is 29.1 Å². The third-order valence-electron chi connectivity index (χ3n) is 5.84. The summed E-state index contributed by atoms with van der Waals surface area (Å²) in [6.45, 7) is 2.18. The molecule has 2 heterocycles. The van der Waals surface area contributed by atoms with Crippen LogP contribution in [-0.2, 0) is 4.74 Å². The van der Waals surface area contributed by atoms with Crippen LogP contribution < -0.4 is 10.7 Å². The van der Waals surface area contributed by atoms with Crippen LogP contribution in [0.25, 0.3) is 16.9 Å². The lowest BCUT2D eigenvalue weighted by molar-refractivity contribution is 0.0126. The summed E-state index contributed by atoms with van der Waals surface area (Å²) in [7, 11) is 0. The van der Waals surface area contributed by atoms with Gasteiger partial charge in [0.25, 0.3) is 11.8 Å². The maximum absolute atomic E-state index is 13.5. The average molecular weight is 520 g/mol. The molecule has 0 bridgehead atoms. The van der Waals surface area contributed by atoms with Crippen LogP contribution >= 0.6 is 11.6 Å². The first kappa shape index (κ1) is 24.6. The van der Waals surface area contributed by atoms with Gasteiger partial charge in [0.2, 0.25) is 0 Å². The molecule has 1 saturated heterocycles. The minimum absolute atomic E-state index is 0.227. The van der Waals surface area contributed by atoms with Crippen LogP contribution in [0, 0.1) is 5.82 Å². The summed E-state index contributed by atoms with van der Waals surface area (Å²) < 4.78 is 20.4. The highest BCUT2D eigenvalue weighted by molar-refractivity contribution is 6.34. The molecule has 2 N–H and O–H groups in total. The molecule has 8 nitrogen and oxygen atoms in total.